The molecule has 1 aromatic heterocycles. The first-order chi connectivity index (χ1) is 9.63. The molecular formula is C14H12BrNO2S2. The minimum Gasteiger partial charge on any atom is -0.478 e. The Morgan fingerprint density at radius 3 is 2.70 bits per heavy atom. The second-order valence-corrected chi connectivity index (χ2v) is 6.95. The zero-order valence-corrected chi connectivity index (χ0v) is 13.9. The van der Waals surface area contributed by atoms with Crippen LogP contribution in [0.1, 0.15) is 17.3 Å². The van der Waals surface area contributed by atoms with Gasteiger partial charge in [-0.3, -0.25) is 0 Å². The average molecular weight is 370 g/mol. The Hall–Kier alpha value is -0.980. The Labute approximate surface area is 134 Å². The van der Waals surface area contributed by atoms with Gasteiger partial charge in [0.15, 0.2) is 0 Å². The van der Waals surface area contributed by atoms with Crippen LogP contribution in [0.25, 0.3) is 0 Å². The van der Waals surface area contributed by atoms with E-state index in [4.69, 9.17) is 0 Å². The molecule has 2 rings (SSSR count). The van der Waals surface area contributed by atoms with E-state index >= 15 is 0 Å². The molecule has 0 aliphatic heterocycles. The molecule has 0 amide bonds. The quantitative estimate of drug-likeness (QED) is 0.766. The number of aromatic nitrogens is 1. The van der Waals surface area contributed by atoms with Crippen molar-refractivity contribution in [3.05, 3.63) is 46.6 Å². The second kappa shape index (κ2) is 7.15. The highest BCUT2D eigenvalue weighted by Gasteiger charge is 2.17. The van der Waals surface area contributed by atoms with Gasteiger partial charge in [0.25, 0.3) is 0 Å². The number of hydrogen-bond acceptors (Lipinski definition) is 4. The van der Waals surface area contributed by atoms with Gasteiger partial charge in [0.1, 0.15) is 5.03 Å². The lowest BCUT2D eigenvalue weighted by Gasteiger charge is -2.10. The van der Waals surface area contributed by atoms with Crippen molar-refractivity contribution in [2.45, 2.75) is 21.7 Å². The topological polar surface area (TPSA) is 50.2 Å². The van der Waals surface area contributed by atoms with E-state index in [0.29, 0.717) is 10.5 Å². The van der Waals surface area contributed by atoms with Crippen LogP contribution >= 0.6 is 39.5 Å². The summed E-state index contributed by atoms with van der Waals surface area (Å²) in [6.45, 7) is 2.01. The van der Waals surface area contributed by atoms with Crippen molar-refractivity contribution in [1.29, 1.82) is 0 Å². The number of carboxylic acid groups (broad SMARTS) is 1. The first-order valence-electron chi connectivity index (χ1n) is 5.91. The summed E-state index contributed by atoms with van der Waals surface area (Å²) in [4.78, 5) is 17.3. The van der Waals surface area contributed by atoms with E-state index in [1.165, 1.54) is 23.5 Å². The van der Waals surface area contributed by atoms with Crippen molar-refractivity contribution < 1.29 is 9.90 Å². The normalized spacial score (nSPS) is 10.5. The molecule has 1 heterocycles. The van der Waals surface area contributed by atoms with Gasteiger partial charge in [0.2, 0.25) is 0 Å². The summed E-state index contributed by atoms with van der Waals surface area (Å²) in [5.41, 5.74) is 0.349. The SMILES string of the molecule is CCSc1cccc(Sc2ncccc2Br)c1C(=O)O. The van der Waals surface area contributed by atoms with Gasteiger partial charge in [-0.05, 0) is 45.9 Å². The maximum absolute atomic E-state index is 11.5. The third-order valence-electron chi connectivity index (χ3n) is 2.43. The number of pyridine rings is 1. The monoisotopic (exact) mass is 369 g/mol. The van der Waals surface area contributed by atoms with Crippen molar-refractivity contribution in [1.82, 2.24) is 4.98 Å². The Bertz CT molecular complexity index is 634. The van der Waals surface area contributed by atoms with Crippen LogP contribution in [0.3, 0.4) is 0 Å². The molecule has 3 nitrogen and oxygen atoms in total. The maximum Gasteiger partial charge on any atom is 0.337 e. The van der Waals surface area contributed by atoms with Crippen LogP contribution in [0.15, 0.2) is 55.8 Å². The highest BCUT2D eigenvalue weighted by atomic mass is 79.9. The molecule has 6 heteroatoms. The van der Waals surface area contributed by atoms with Gasteiger partial charge in [0, 0.05) is 16.0 Å². The fraction of sp³-hybridized carbons (Fsp3) is 0.143. The van der Waals surface area contributed by atoms with Crippen LogP contribution in [-0.4, -0.2) is 21.8 Å². The number of carboxylic acids is 1. The van der Waals surface area contributed by atoms with Crippen LogP contribution in [-0.2, 0) is 0 Å². The summed E-state index contributed by atoms with van der Waals surface area (Å²) in [5.74, 6) is -0.0714. The summed E-state index contributed by atoms with van der Waals surface area (Å²) in [6, 6.07) is 9.25. The van der Waals surface area contributed by atoms with Crippen molar-refractivity contribution >= 4 is 45.4 Å². The molecule has 0 spiro atoms. The minimum absolute atomic E-state index is 0.349. The van der Waals surface area contributed by atoms with E-state index in [9.17, 15) is 9.90 Å². The Kier molecular flexibility index (Phi) is 5.51. The lowest BCUT2D eigenvalue weighted by atomic mass is 10.2. The van der Waals surface area contributed by atoms with Crippen molar-refractivity contribution in [3.63, 3.8) is 0 Å². The third kappa shape index (κ3) is 3.56. The number of benzene rings is 1. The highest BCUT2D eigenvalue weighted by molar-refractivity contribution is 9.10. The minimum atomic E-state index is -0.906. The number of nitrogens with zero attached hydrogens (tertiary/aromatic N) is 1. The predicted molar refractivity (Wildman–Crippen MR) is 85.9 cm³/mol. The molecule has 0 aliphatic rings. The van der Waals surface area contributed by atoms with Crippen LogP contribution in [0.2, 0.25) is 0 Å². The first kappa shape index (κ1) is 15.4. The molecule has 1 N–H and O–H groups in total. The Morgan fingerprint density at radius 2 is 2.05 bits per heavy atom. The fourth-order valence-corrected chi connectivity index (χ4v) is 3.96. The average Bonchev–Trinajstić information content (AvgIpc) is 2.41. The lowest BCUT2D eigenvalue weighted by molar-refractivity contribution is 0.0689. The molecular weight excluding hydrogens is 358 g/mol. The number of aromatic carboxylic acids is 1. The van der Waals surface area contributed by atoms with E-state index in [1.54, 1.807) is 6.20 Å². The van der Waals surface area contributed by atoms with Gasteiger partial charge in [-0.1, -0.05) is 24.8 Å². The molecule has 0 unspecified atom stereocenters. The molecule has 1 aromatic carbocycles. The molecule has 0 atom stereocenters. The van der Waals surface area contributed by atoms with E-state index in [2.05, 4.69) is 20.9 Å². The molecule has 0 fully saturated rings. The molecule has 0 saturated carbocycles. The zero-order chi connectivity index (χ0) is 14.5. The molecule has 0 aliphatic carbocycles. The maximum atomic E-state index is 11.5. The van der Waals surface area contributed by atoms with Crippen LogP contribution < -0.4 is 0 Å². The van der Waals surface area contributed by atoms with Gasteiger partial charge in [-0.2, -0.15) is 0 Å². The summed E-state index contributed by atoms with van der Waals surface area (Å²) >= 11 is 6.32. The summed E-state index contributed by atoms with van der Waals surface area (Å²) in [6.07, 6.45) is 1.69. The summed E-state index contributed by atoms with van der Waals surface area (Å²) in [5, 5.41) is 10.2. The van der Waals surface area contributed by atoms with Crippen molar-refractivity contribution in [3.8, 4) is 0 Å². The third-order valence-corrected chi connectivity index (χ3v) is 5.35. The number of thioether (sulfide) groups is 1. The van der Waals surface area contributed by atoms with E-state index in [-0.39, 0.29) is 0 Å². The Morgan fingerprint density at radius 1 is 1.30 bits per heavy atom. The first-order valence-corrected chi connectivity index (χ1v) is 8.50. The molecule has 0 radical (unpaired) electrons. The van der Waals surface area contributed by atoms with Crippen molar-refractivity contribution in [2.24, 2.45) is 0 Å². The largest absolute Gasteiger partial charge is 0.478 e. The van der Waals surface area contributed by atoms with E-state index < -0.39 is 5.97 Å². The number of carbonyl (C=O) groups is 1. The zero-order valence-electron chi connectivity index (χ0n) is 10.7. The molecule has 104 valence electrons. The fourth-order valence-electron chi connectivity index (χ4n) is 1.63. The van der Waals surface area contributed by atoms with Gasteiger partial charge in [-0.15, -0.1) is 11.8 Å². The van der Waals surface area contributed by atoms with Crippen LogP contribution in [0.5, 0.6) is 0 Å². The van der Waals surface area contributed by atoms with Gasteiger partial charge < -0.3 is 5.11 Å². The molecule has 0 saturated heterocycles. The van der Waals surface area contributed by atoms with Gasteiger partial charge in [0.05, 0.1) is 10.0 Å². The van der Waals surface area contributed by atoms with Crippen LogP contribution in [0, 0.1) is 0 Å². The standard InChI is InChI=1S/C14H12BrNO2S2/c1-2-19-10-6-3-7-11(12(10)14(17)18)20-13-9(15)5-4-8-16-13/h3-8H,2H2,1H3,(H,17,18). The number of halogens is 1. The van der Waals surface area contributed by atoms with E-state index in [1.807, 2.05) is 37.3 Å². The highest BCUT2D eigenvalue weighted by Crippen LogP contribution is 2.37. The van der Waals surface area contributed by atoms with Crippen molar-refractivity contribution in [2.75, 3.05) is 5.75 Å². The van der Waals surface area contributed by atoms with Crippen LogP contribution in [0.4, 0.5) is 0 Å². The van der Waals surface area contributed by atoms with E-state index in [0.717, 1.165) is 20.1 Å². The summed E-state index contributed by atoms with van der Waals surface area (Å²) < 4.78 is 0.856. The molecule has 20 heavy (non-hydrogen) atoms. The second-order valence-electron chi connectivity index (χ2n) is 3.76. The Balaban J connectivity index is 2.44. The molecule has 2 aromatic rings. The van der Waals surface area contributed by atoms with Gasteiger partial charge >= 0.3 is 5.97 Å². The molecule has 0 bridgehead atoms. The number of hydrogen-bond donors (Lipinski definition) is 1. The summed E-state index contributed by atoms with van der Waals surface area (Å²) in [7, 11) is 0. The smallest absolute Gasteiger partial charge is 0.337 e. The number of rotatable bonds is 5. The van der Waals surface area contributed by atoms with Gasteiger partial charge in [-0.25, -0.2) is 9.78 Å². The predicted octanol–water partition coefficient (Wildman–Crippen LogP) is 4.81. The lowest BCUT2D eigenvalue weighted by Crippen LogP contribution is -2.01.